The fourth-order valence-electron chi connectivity index (χ4n) is 12.8. The maximum absolute atomic E-state index is 12.8. The van der Waals surface area contributed by atoms with E-state index in [1.165, 1.54) is 121 Å². The van der Waals surface area contributed by atoms with Gasteiger partial charge < -0.3 is 41.1 Å². The van der Waals surface area contributed by atoms with Crippen LogP contribution in [0.25, 0.3) is 0 Å². The average Bonchev–Trinajstić information content (AvgIpc) is 0.810. The van der Waals surface area contributed by atoms with E-state index in [2.05, 4.69) is 123 Å². The van der Waals surface area contributed by atoms with Gasteiger partial charge in [0.25, 0.3) is 70.8 Å². The van der Waals surface area contributed by atoms with Crippen molar-refractivity contribution >= 4 is 231 Å². The number of azo groups is 8. The van der Waals surface area contributed by atoms with Crippen LogP contribution in [0, 0.1) is 27.7 Å². The molecule has 750 valence electrons. The van der Waals surface area contributed by atoms with Crippen LogP contribution in [0.5, 0.6) is 0 Å². The molecule has 2 heterocycles. The van der Waals surface area contributed by atoms with Gasteiger partial charge in [0.15, 0.2) is 11.1 Å². The first-order valence-electron chi connectivity index (χ1n) is 41.4. The topological polar surface area (TPSA) is 777 Å². The number of nitrogens with zero attached hydrogens (tertiary/aromatic N) is 23. The van der Waals surface area contributed by atoms with Gasteiger partial charge in [-0.25, -0.2) is 4.21 Å². The van der Waals surface area contributed by atoms with Crippen molar-refractivity contribution in [3.05, 3.63) is 265 Å². The van der Waals surface area contributed by atoms with E-state index in [-0.39, 0.29) is 150 Å². The highest BCUT2D eigenvalue weighted by Gasteiger charge is 2.25. The third-order valence-electron chi connectivity index (χ3n) is 19.9. The van der Waals surface area contributed by atoms with Crippen LogP contribution in [0.1, 0.15) is 22.3 Å². The van der Waals surface area contributed by atoms with Crippen molar-refractivity contribution in [3.8, 4) is 0 Å². The molecule has 60 heteroatoms. The minimum Gasteiger partial charge on any atom is -0.395 e. The predicted octanol–water partition coefficient (Wildman–Crippen LogP) is 20.8. The van der Waals surface area contributed by atoms with Crippen molar-refractivity contribution in [1.29, 1.82) is 0 Å². The molecule has 12 aromatic carbocycles. The molecule has 146 heavy (non-hydrogen) atoms. The molecule has 14 N–H and O–H groups in total. The number of aliphatic hydroxyl groups is 1. The summed E-state index contributed by atoms with van der Waals surface area (Å²) in [6, 6.07) is 52.1. The number of hydrogen-bond donors (Lipinski definition) is 14. The van der Waals surface area contributed by atoms with Gasteiger partial charge in [-0.3, -0.25) is 31.9 Å². The van der Waals surface area contributed by atoms with Crippen molar-refractivity contribution in [2.75, 3.05) is 57.7 Å². The summed E-state index contributed by atoms with van der Waals surface area (Å²) < 4.78 is 260. The second kappa shape index (κ2) is 44.7. The lowest BCUT2D eigenvalue weighted by atomic mass is 10.2. The summed E-state index contributed by atoms with van der Waals surface area (Å²) in [6.45, 7) is 5.94. The van der Waals surface area contributed by atoms with Gasteiger partial charge in [-0.05, 0) is 293 Å². The molecule has 0 saturated carbocycles. The Hall–Kier alpha value is -16.3. The van der Waals surface area contributed by atoms with Crippen molar-refractivity contribution in [2.24, 2.45) is 81.8 Å². The number of aliphatic hydroxyl groups excluding tert-OH is 1. The molecule has 0 aliphatic rings. The number of anilines is 10. The second-order valence-corrected chi connectivity index (χ2v) is 41.3. The zero-order valence-electron chi connectivity index (χ0n) is 75.1. The first kappa shape index (κ1) is 105. The van der Waals surface area contributed by atoms with Crippen LogP contribution in [0.2, 0.25) is 0 Å². The first-order valence-corrected chi connectivity index (χ1v) is 52.6. The van der Waals surface area contributed by atoms with Crippen LogP contribution in [-0.4, -0.2) is 161 Å². The molecule has 14 aromatic rings. The summed E-state index contributed by atoms with van der Waals surface area (Å²) in [5.74, 6) is -0.447. The van der Waals surface area contributed by atoms with Crippen LogP contribution in [-0.2, 0) is 81.9 Å². The van der Waals surface area contributed by atoms with Crippen molar-refractivity contribution in [3.63, 3.8) is 0 Å². The summed E-state index contributed by atoms with van der Waals surface area (Å²) in [4.78, 5) is 26.0. The Morgan fingerprint density at radius 1 is 0.267 bits per heavy atom. The highest BCUT2D eigenvalue weighted by atomic mass is 32.2. The zero-order valence-corrected chi connectivity index (χ0v) is 81.7. The average molecular weight is 2140 g/mol. The molecule has 52 nitrogen and oxygen atoms in total. The molecule has 0 bridgehead atoms. The monoisotopic (exact) mass is 2140 g/mol. The van der Waals surface area contributed by atoms with Gasteiger partial charge in [0, 0.05) is 42.4 Å². The van der Waals surface area contributed by atoms with E-state index in [0.29, 0.717) is 50.7 Å². The fraction of sp³-hybridized carbons (Fsp3) is 0.0930. The Morgan fingerprint density at radius 2 is 0.500 bits per heavy atom. The summed E-state index contributed by atoms with van der Waals surface area (Å²) in [6.07, 6.45) is 0. The molecule has 0 aliphatic heterocycles. The third-order valence-corrected chi connectivity index (χ3v) is 26.7. The summed E-state index contributed by atoms with van der Waals surface area (Å²) >= 11 is -2.62. The molecule has 1 unspecified atom stereocenters. The number of benzene rings is 12. The Balaban J connectivity index is 0.751. The van der Waals surface area contributed by atoms with E-state index in [1.54, 1.807) is 87.2 Å². The maximum atomic E-state index is 12.8. The van der Waals surface area contributed by atoms with E-state index < -0.39 is 118 Å². The SMILES string of the molecule is Cc1cc(Nc2nc(Nc3ccc(N=Nc4ccc(N=Nc5ccc(S(=O)(=O)O)cc5)cc4S(=O)(=O)O)c(C)c3)nc(N(CCO)CCNc3nc(Nc4ccc(N=Nc5ccc(N=Nc6ccc(S(=O)(=O)O)cc6)cc5S(=O)(=O)O)c(C)c4)nc(Nc4ccc(N=Nc5ccc(N=Nc6ccc(S(=O)(=O)O)cc6)cc5S(=O)(=O)O)c(C)c4)n3)n2)ccc1N=Nc1ccc(N=Nc2ccc(S(=O)(=O)O)cc2)cc1S(=O)O. The number of aryl methyl sites for hydroxylation is 4. The van der Waals surface area contributed by atoms with E-state index in [0.717, 1.165) is 66.7 Å². The largest absolute Gasteiger partial charge is 0.395 e. The number of aromatic nitrogens is 6. The molecule has 14 rings (SSSR count). The summed E-state index contributed by atoms with van der Waals surface area (Å²) in [5.41, 5.74) is 3.75. The Kier molecular flexibility index (Phi) is 32.3. The molecule has 0 amide bonds. The standard InChI is InChI=1S/C86H74N28O24S8/c1-49-43-59(15-29-69(49)106-110-73-33-17-61(45-77(73)139(116)117)102-98-53-5-21-65(22-6-53)140(118,119)120)90-84-95-85(91-60-16-32-72(52(4)44-60)109-113-76-36-20-64(48-80(76)146(136,137)138)105-101-56-11-27-68(28-12-56)143(127,128)129)97-86(96-84)114(39-40-115)38-37-87-81-92-82(88-57-13-30-70(50(2)41-57)107-111-74-34-18-62(46-78(74)144(130,131)132)103-99-54-7-23-66(24-8-54)141(121,122)123)94-83(93-81)89-58-14-31-71(51(3)42-58)108-112-75-35-19-63(47-79(75)145(133,134)135)104-100-55-9-25-67(26-10-55)142(124,125)126/h5-36,41-48,115H,37-40H2,1-4H3,(H,116,117)(H,118,119,120)(H,121,122,123)(H,124,125,126)(H,127,128,129)(H,130,131,132)(H,133,134,135)(H,136,137,138)(H2,90,91,95,96,97)(H3,87,88,89,92,93,94). The molecule has 1 atom stereocenters. The number of hydrogen-bond acceptors (Lipinski definition) is 44. The minimum absolute atomic E-state index is 0.0178. The van der Waals surface area contributed by atoms with Gasteiger partial charge >= 0.3 is 0 Å². The normalized spacial score (nSPS) is 12.8. The molecule has 0 aliphatic carbocycles. The van der Waals surface area contributed by atoms with E-state index >= 15 is 0 Å². The van der Waals surface area contributed by atoms with E-state index in [9.17, 15) is 105 Å². The fourth-order valence-corrected chi connectivity index (χ4v) is 17.2. The Bertz CT molecular complexity index is 8370. The first-order chi connectivity index (χ1) is 69.0. The van der Waals surface area contributed by atoms with Gasteiger partial charge in [-0.1, -0.05) is 0 Å². The predicted molar refractivity (Wildman–Crippen MR) is 528 cm³/mol. The molecular formula is C86H74N28O24S8. The number of nitrogens with one attached hydrogen (secondary N) is 5. The lowest BCUT2D eigenvalue weighted by Gasteiger charge is -2.23. The molecule has 2 aromatic heterocycles. The molecule has 0 saturated heterocycles. The van der Waals surface area contributed by atoms with Crippen molar-refractivity contribution < 1.29 is 105 Å². The molecular weight excluding hydrogens is 2070 g/mol. The number of rotatable bonds is 39. The van der Waals surface area contributed by atoms with E-state index in [4.69, 9.17) is 15.0 Å². The van der Waals surface area contributed by atoms with Gasteiger partial charge in [0.05, 0.1) is 99.3 Å². The highest BCUT2D eigenvalue weighted by Crippen LogP contribution is 2.41. The minimum atomic E-state index is -4.99. The van der Waals surface area contributed by atoms with Crippen molar-refractivity contribution in [1.82, 2.24) is 29.9 Å². The quantitative estimate of drug-likeness (QED) is 0.00966. The molecule has 0 radical (unpaired) electrons. The van der Waals surface area contributed by atoms with Gasteiger partial charge in [0.1, 0.15) is 37.4 Å². The second-order valence-electron chi connectivity index (χ2n) is 30.5. The smallest absolute Gasteiger partial charge is 0.296 e. The maximum Gasteiger partial charge on any atom is 0.296 e. The van der Waals surface area contributed by atoms with E-state index in [1.807, 2.05) is 0 Å². The Labute approximate surface area is 831 Å². The summed E-state index contributed by atoms with van der Waals surface area (Å²) in [5, 5.41) is 92.4. The lowest BCUT2D eigenvalue weighted by Crippen LogP contribution is -2.33. The zero-order chi connectivity index (χ0) is 105. The van der Waals surface area contributed by atoms with Crippen LogP contribution in [0.15, 0.2) is 364 Å². The molecule has 0 spiro atoms. The van der Waals surface area contributed by atoms with Gasteiger partial charge in [-0.15, -0.1) is 20.5 Å². The molecule has 0 fully saturated rings. The highest BCUT2D eigenvalue weighted by molar-refractivity contribution is 7.87. The summed E-state index contributed by atoms with van der Waals surface area (Å²) in [7, 11) is -33.0. The Morgan fingerprint density at radius 3 is 0.760 bits per heavy atom. The van der Waals surface area contributed by atoms with Crippen LogP contribution in [0.3, 0.4) is 0 Å². The van der Waals surface area contributed by atoms with Crippen LogP contribution in [0.4, 0.5) is 149 Å². The lowest BCUT2D eigenvalue weighted by molar-refractivity contribution is 0.301. The van der Waals surface area contributed by atoms with Gasteiger partial charge in [-0.2, -0.15) is 150 Å². The van der Waals surface area contributed by atoms with Crippen molar-refractivity contribution in [2.45, 2.75) is 66.9 Å². The van der Waals surface area contributed by atoms with Crippen LogP contribution < -0.4 is 31.5 Å². The van der Waals surface area contributed by atoms with Crippen LogP contribution >= 0.6 is 0 Å². The third kappa shape index (κ3) is 28.8. The van der Waals surface area contributed by atoms with Gasteiger partial charge in [0.2, 0.25) is 35.7 Å².